The van der Waals surface area contributed by atoms with Gasteiger partial charge in [-0.3, -0.25) is 0 Å². The van der Waals surface area contributed by atoms with E-state index in [1.54, 1.807) is 0 Å². The van der Waals surface area contributed by atoms with Crippen LogP contribution in [0.2, 0.25) is 0 Å². The fourth-order valence-electron chi connectivity index (χ4n) is 3.75. The van der Waals surface area contributed by atoms with Crippen LogP contribution in [0.25, 0.3) is 0 Å². The highest BCUT2D eigenvalue weighted by atomic mass is 16.5. The first kappa shape index (κ1) is 20.7. The van der Waals surface area contributed by atoms with E-state index in [9.17, 15) is 0 Å². The van der Waals surface area contributed by atoms with Crippen LogP contribution in [0.4, 0.5) is 0 Å². The molecule has 0 bridgehead atoms. The van der Waals surface area contributed by atoms with Crippen LogP contribution in [0.15, 0.2) is 12.2 Å². The van der Waals surface area contributed by atoms with Crippen LogP contribution in [-0.2, 0) is 9.47 Å². The topological polar surface area (TPSA) is 18.5 Å². The monoisotopic (exact) mass is 324 g/mol. The number of ether oxygens (including phenoxy) is 2. The van der Waals surface area contributed by atoms with Crippen molar-refractivity contribution in [3.63, 3.8) is 0 Å². The normalized spacial score (nSPS) is 30.2. The van der Waals surface area contributed by atoms with E-state index in [0.29, 0.717) is 24.0 Å². The lowest BCUT2D eigenvalue weighted by atomic mass is 9.78. The molecule has 0 amide bonds. The smallest absolute Gasteiger partial charge is 0.0642 e. The predicted molar refractivity (Wildman–Crippen MR) is 99.7 cm³/mol. The molecule has 1 fully saturated rings. The molecule has 136 valence electrons. The van der Waals surface area contributed by atoms with Gasteiger partial charge >= 0.3 is 0 Å². The van der Waals surface area contributed by atoms with Gasteiger partial charge in [0.2, 0.25) is 0 Å². The van der Waals surface area contributed by atoms with E-state index >= 15 is 0 Å². The molecule has 0 spiro atoms. The molecule has 5 atom stereocenters. The number of rotatable bonds is 10. The molecule has 0 aromatic carbocycles. The summed E-state index contributed by atoms with van der Waals surface area (Å²) in [5.41, 5.74) is 0. The van der Waals surface area contributed by atoms with Crippen molar-refractivity contribution in [2.24, 2.45) is 23.7 Å². The number of hydrogen-bond acceptors (Lipinski definition) is 2. The summed E-state index contributed by atoms with van der Waals surface area (Å²) in [6.07, 6.45) is 12.7. The molecule has 0 N–H and O–H groups in total. The van der Waals surface area contributed by atoms with Crippen LogP contribution in [0, 0.1) is 23.7 Å². The van der Waals surface area contributed by atoms with Gasteiger partial charge < -0.3 is 9.47 Å². The Kier molecular flexibility index (Phi) is 10.1. The Morgan fingerprint density at radius 3 is 2.39 bits per heavy atom. The highest BCUT2D eigenvalue weighted by molar-refractivity contribution is 4.96. The Bertz CT molecular complexity index is 324. The van der Waals surface area contributed by atoms with Gasteiger partial charge in [0.1, 0.15) is 0 Å². The Hall–Kier alpha value is -0.340. The quantitative estimate of drug-likeness (QED) is 0.468. The molecule has 2 heteroatoms. The minimum atomic E-state index is 0.371. The van der Waals surface area contributed by atoms with Crippen LogP contribution < -0.4 is 0 Å². The third-order valence-corrected chi connectivity index (χ3v) is 5.38. The number of methoxy groups -OCH3 is 1. The van der Waals surface area contributed by atoms with Crippen molar-refractivity contribution in [1.29, 1.82) is 0 Å². The van der Waals surface area contributed by atoms with E-state index < -0.39 is 0 Å². The summed E-state index contributed by atoms with van der Waals surface area (Å²) in [7, 11) is 1.84. The second kappa shape index (κ2) is 11.3. The average molecular weight is 325 g/mol. The summed E-state index contributed by atoms with van der Waals surface area (Å²) in [6, 6.07) is 0. The molecule has 0 aromatic rings. The summed E-state index contributed by atoms with van der Waals surface area (Å²) < 4.78 is 11.9. The lowest BCUT2D eigenvalue weighted by molar-refractivity contribution is -0.0678. The third kappa shape index (κ3) is 7.85. The predicted octanol–water partition coefficient (Wildman–Crippen LogP) is 5.86. The molecular weight excluding hydrogens is 284 g/mol. The highest BCUT2D eigenvalue weighted by Crippen LogP contribution is 2.34. The maximum absolute atomic E-state index is 6.30. The van der Waals surface area contributed by atoms with Crippen molar-refractivity contribution in [1.82, 2.24) is 0 Å². The molecule has 1 saturated carbocycles. The van der Waals surface area contributed by atoms with Gasteiger partial charge in [0.15, 0.2) is 0 Å². The van der Waals surface area contributed by atoms with Gasteiger partial charge in [-0.2, -0.15) is 0 Å². The van der Waals surface area contributed by atoms with E-state index in [1.807, 2.05) is 7.11 Å². The Morgan fingerprint density at radius 1 is 1.04 bits per heavy atom. The van der Waals surface area contributed by atoms with Crippen LogP contribution >= 0.6 is 0 Å². The van der Waals surface area contributed by atoms with Crippen LogP contribution in [0.5, 0.6) is 0 Å². The van der Waals surface area contributed by atoms with Crippen molar-refractivity contribution in [2.45, 2.75) is 85.4 Å². The maximum atomic E-state index is 6.30. The summed E-state index contributed by atoms with van der Waals surface area (Å²) in [6.45, 7) is 12.3. The summed E-state index contributed by atoms with van der Waals surface area (Å²) in [4.78, 5) is 0. The molecular formula is C21H40O2. The van der Waals surface area contributed by atoms with Crippen LogP contribution in [-0.4, -0.2) is 25.9 Å². The fraction of sp³-hybridized carbons (Fsp3) is 0.905. The van der Waals surface area contributed by atoms with E-state index in [-0.39, 0.29) is 0 Å². The molecule has 0 radical (unpaired) electrons. The fourth-order valence-corrected chi connectivity index (χ4v) is 3.75. The SMILES string of the molecule is C/C=C/C1CC(OC)C(C)CC1OCCC(C)CCCC(C)C. The molecule has 1 rings (SSSR count). The Morgan fingerprint density at radius 2 is 1.78 bits per heavy atom. The largest absolute Gasteiger partial charge is 0.381 e. The first-order valence-electron chi connectivity index (χ1n) is 9.75. The highest BCUT2D eigenvalue weighted by Gasteiger charge is 2.34. The minimum absolute atomic E-state index is 0.371. The molecule has 5 unspecified atom stereocenters. The lowest BCUT2D eigenvalue weighted by Crippen LogP contribution is -2.39. The van der Waals surface area contributed by atoms with E-state index in [2.05, 4.69) is 46.8 Å². The Balaban J connectivity index is 2.33. The van der Waals surface area contributed by atoms with Gasteiger partial charge in [-0.25, -0.2) is 0 Å². The van der Waals surface area contributed by atoms with Crippen LogP contribution in [0.3, 0.4) is 0 Å². The summed E-state index contributed by atoms with van der Waals surface area (Å²) in [5.74, 6) is 2.71. The number of hydrogen-bond donors (Lipinski definition) is 0. The van der Waals surface area contributed by atoms with Crippen LogP contribution in [0.1, 0.15) is 73.1 Å². The summed E-state index contributed by atoms with van der Waals surface area (Å²) in [5, 5.41) is 0. The lowest BCUT2D eigenvalue weighted by Gasteiger charge is -2.38. The molecule has 2 nitrogen and oxygen atoms in total. The second-order valence-electron chi connectivity index (χ2n) is 8.04. The first-order valence-corrected chi connectivity index (χ1v) is 9.75. The van der Waals surface area contributed by atoms with E-state index in [1.165, 1.54) is 25.7 Å². The molecule has 0 saturated heterocycles. The molecule has 0 aliphatic heterocycles. The Labute approximate surface area is 145 Å². The van der Waals surface area contributed by atoms with Crippen molar-refractivity contribution >= 4 is 0 Å². The standard InChI is InChI=1S/C21H40O2/c1-7-9-19-15-20(22-6)18(5)14-21(19)23-13-12-17(4)11-8-10-16(2)3/h7,9,16-21H,8,10-15H2,1-6H3/b9-7+. The second-order valence-corrected chi connectivity index (χ2v) is 8.04. The van der Waals surface area contributed by atoms with Gasteiger partial charge in [-0.15, -0.1) is 0 Å². The zero-order valence-corrected chi connectivity index (χ0v) is 16.4. The van der Waals surface area contributed by atoms with Crippen molar-refractivity contribution in [3.8, 4) is 0 Å². The molecule has 1 aliphatic rings. The van der Waals surface area contributed by atoms with Gasteiger partial charge in [0, 0.05) is 19.6 Å². The minimum Gasteiger partial charge on any atom is -0.381 e. The van der Waals surface area contributed by atoms with Crippen molar-refractivity contribution in [3.05, 3.63) is 12.2 Å². The molecule has 0 aromatic heterocycles. The maximum Gasteiger partial charge on any atom is 0.0642 e. The number of allylic oxidation sites excluding steroid dienone is 1. The van der Waals surface area contributed by atoms with Gasteiger partial charge in [-0.1, -0.05) is 59.1 Å². The zero-order chi connectivity index (χ0) is 17.2. The molecule has 1 aliphatic carbocycles. The first-order chi connectivity index (χ1) is 11.0. The van der Waals surface area contributed by atoms with E-state index in [4.69, 9.17) is 9.47 Å². The average Bonchev–Trinajstić information content (AvgIpc) is 2.49. The van der Waals surface area contributed by atoms with Gasteiger partial charge in [0.25, 0.3) is 0 Å². The summed E-state index contributed by atoms with van der Waals surface area (Å²) >= 11 is 0. The van der Waals surface area contributed by atoms with Gasteiger partial charge in [0.05, 0.1) is 12.2 Å². The van der Waals surface area contributed by atoms with Crippen molar-refractivity contribution in [2.75, 3.05) is 13.7 Å². The zero-order valence-electron chi connectivity index (χ0n) is 16.4. The molecule has 23 heavy (non-hydrogen) atoms. The van der Waals surface area contributed by atoms with Crippen molar-refractivity contribution < 1.29 is 9.47 Å². The van der Waals surface area contributed by atoms with E-state index in [0.717, 1.165) is 31.3 Å². The molecule has 0 heterocycles. The van der Waals surface area contributed by atoms with Gasteiger partial charge in [-0.05, 0) is 43.9 Å². The third-order valence-electron chi connectivity index (χ3n) is 5.38.